The van der Waals surface area contributed by atoms with E-state index in [1.54, 1.807) is 0 Å². The summed E-state index contributed by atoms with van der Waals surface area (Å²) < 4.78 is 0. The Labute approximate surface area is 102 Å². The van der Waals surface area contributed by atoms with Crippen molar-refractivity contribution in [3.63, 3.8) is 0 Å². The van der Waals surface area contributed by atoms with Crippen LogP contribution >= 0.6 is 0 Å². The molecule has 0 radical (unpaired) electrons. The van der Waals surface area contributed by atoms with Crippen molar-refractivity contribution in [2.24, 2.45) is 17.1 Å². The average molecular weight is 228 g/mol. The lowest BCUT2D eigenvalue weighted by atomic mass is 9.85. The van der Waals surface area contributed by atoms with E-state index in [9.17, 15) is 0 Å². The minimum atomic E-state index is 0.235. The van der Waals surface area contributed by atoms with Gasteiger partial charge in [0.1, 0.15) is 0 Å². The summed E-state index contributed by atoms with van der Waals surface area (Å²) in [7, 11) is 0. The number of unbranched alkanes of at least 4 members (excludes halogenated alkanes) is 1. The second-order valence-electron chi connectivity index (χ2n) is 6.40. The quantitative estimate of drug-likeness (QED) is 0.626. The molecule has 0 saturated heterocycles. The highest BCUT2D eigenvalue weighted by atomic mass is 14.9. The Bertz CT molecular complexity index is 159. The van der Waals surface area contributed by atoms with Gasteiger partial charge in [0.15, 0.2) is 0 Å². The average Bonchev–Trinajstić information content (AvgIpc) is 2.14. The third kappa shape index (κ3) is 9.17. The van der Waals surface area contributed by atoms with Gasteiger partial charge < -0.3 is 11.1 Å². The van der Waals surface area contributed by atoms with Gasteiger partial charge in [0.25, 0.3) is 0 Å². The third-order valence-electron chi connectivity index (χ3n) is 3.13. The van der Waals surface area contributed by atoms with Crippen molar-refractivity contribution in [2.45, 2.75) is 66.3 Å². The van der Waals surface area contributed by atoms with Crippen LogP contribution in [0.3, 0.4) is 0 Å². The van der Waals surface area contributed by atoms with Gasteiger partial charge in [-0.1, -0.05) is 47.5 Å². The van der Waals surface area contributed by atoms with Crippen molar-refractivity contribution >= 4 is 0 Å². The number of hydrogen-bond acceptors (Lipinski definition) is 2. The van der Waals surface area contributed by atoms with E-state index < -0.39 is 0 Å². The Morgan fingerprint density at radius 3 is 2.12 bits per heavy atom. The summed E-state index contributed by atoms with van der Waals surface area (Å²) >= 11 is 0. The number of rotatable bonds is 8. The first-order chi connectivity index (χ1) is 7.34. The SMILES string of the molecule is CC(C)CCCCNCCC(N)C(C)(C)C. The van der Waals surface area contributed by atoms with Crippen LogP contribution in [0.15, 0.2) is 0 Å². The first kappa shape index (κ1) is 15.9. The van der Waals surface area contributed by atoms with Crippen LogP contribution in [0.5, 0.6) is 0 Å². The van der Waals surface area contributed by atoms with Gasteiger partial charge in [0, 0.05) is 6.04 Å². The highest BCUT2D eigenvalue weighted by Crippen LogP contribution is 2.19. The molecule has 3 N–H and O–H groups in total. The molecule has 0 aliphatic heterocycles. The molecule has 2 heteroatoms. The molecule has 98 valence electrons. The molecule has 1 unspecified atom stereocenters. The summed E-state index contributed by atoms with van der Waals surface area (Å²) in [5.74, 6) is 0.842. The fourth-order valence-electron chi connectivity index (χ4n) is 1.62. The molecule has 0 fully saturated rings. The summed E-state index contributed by atoms with van der Waals surface area (Å²) in [5, 5.41) is 3.48. The van der Waals surface area contributed by atoms with Crippen LogP contribution in [0, 0.1) is 11.3 Å². The summed E-state index contributed by atoms with van der Waals surface area (Å²) in [5.41, 5.74) is 6.33. The Kier molecular flexibility index (Phi) is 8.04. The number of nitrogens with two attached hydrogens (primary N) is 1. The molecule has 0 aromatic rings. The molecule has 0 saturated carbocycles. The lowest BCUT2D eigenvalue weighted by Gasteiger charge is -2.27. The van der Waals surface area contributed by atoms with Crippen LogP contribution in [0.4, 0.5) is 0 Å². The smallest absolute Gasteiger partial charge is 0.00997 e. The van der Waals surface area contributed by atoms with Gasteiger partial charge in [-0.05, 0) is 37.3 Å². The molecule has 0 aromatic heterocycles. The molecule has 0 amide bonds. The van der Waals surface area contributed by atoms with Crippen molar-refractivity contribution in [1.29, 1.82) is 0 Å². The monoisotopic (exact) mass is 228 g/mol. The summed E-state index contributed by atoms with van der Waals surface area (Å²) in [4.78, 5) is 0. The lowest BCUT2D eigenvalue weighted by Crippen LogP contribution is -2.37. The molecular weight excluding hydrogens is 196 g/mol. The normalized spacial score (nSPS) is 14.4. The zero-order valence-corrected chi connectivity index (χ0v) is 12.0. The molecule has 16 heavy (non-hydrogen) atoms. The topological polar surface area (TPSA) is 38.0 Å². The molecular formula is C14H32N2. The molecule has 0 bridgehead atoms. The van der Waals surface area contributed by atoms with Crippen molar-refractivity contribution in [1.82, 2.24) is 5.32 Å². The second-order valence-corrected chi connectivity index (χ2v) is 6.40. The zero-order valence-electron chi connectivity index (χ0n) is 12.0. The van der Waals surface area contributed by atoms with Crippen LogP contribution < -0.4 is 11.1 Å². The van der Waals surface area contributed by atoms with Crippen LogP contribution in [0.2, 0.25) is 0 Å². The van der Waals surface area contributed by atoms with Crippen molar-refractivity contribution in [3.8, 4) is 0 Å². The summed E-state index contributed by atoms with van der Waals surface area (Å²) in [6, 6.07) is 0.302. The van der Waals surface area contributed by atoms with Gasteiger partial charge >= 0.3 is 0 Å². The first-order valence-electron chi connectivity index (χ1n) is 6.80. The van der Waals surface area contributed by atoms with E-state index in [4.69, 9.17) is 5.73 Å². The van der Waals surface area contributed by atoms with E-state index in [1.807, 2.05) is 0 Å². The van der Waals surface area contributed by atoms with Gasteiger partial charge in [-0.3, -0.25) is 0 Å². The van der Waals surface area contributed by atoms with Crippen molar-refractivity contribution < 1.29 is 0 Å². The Balaban J connectivity index is 3.28. The van der Waals surface area contributed by atoms with E-state index >= 15 is 0 Å². The van der Waals surface area contributed by atoms with Gasteiger partial charge in [-0.25, -0.2) is 0 Å². The first-order valence-corrected chi connectivity index (χ1v) is 6.80. The Morgan fingerprint density at radius 2 is 1.62 bits per heavy atom. The van der Waals surface area contributed by atoms with Crippen LogP contribution in [0.1, 0.15) is 60.3 Å². The summed E-state index contributed by atoms with van der Waals surface area (Å²) in [6.07, 6.45) is 5.07. The maximum absolute atomic E-state index is 6.09. The van der Waals surface area contributed by atoms with Gasteiger partial charge in [-0.2, -0.15) is 0 Å². The maximum atomic E-state index is 6.09. The minimum absolute atomic E-state index is 0.235. The second kappa shape index (κ2) is 8.08. The molecule has 0 heterocycles. The van der Waals surface area contributed by atoms with E-state index in [1.165, 1.54) is 19.3 Å². The molecule has 0 aliphatic carbocycles. The fourth-order valence-corrected chi connectivity index (χ4v) is 1.62. The fraction of sp³-hybridized carbons (Fsp3) is 1.00. The molecule has 0 aromatic carbocycles. The maximum Gasteiger partial charge on any atom is 0.00997 e. The Morgan fingerprint density at radius 1 is 1.00 bits per heavy atom. The molecule has 1 atom stereocenters. The third-order valence-corrected chi connectivity index (χ3v) is 3.13. The van der Waals surface area contributed by atoms with E-state index in [2.05, 4.69) is 39.9 Å². The van der Waals surface area contributed by atoms with E-state index in [0.717, 1.165) is 25.4 Å². The minimum Gasteiger partial charge on any atom is -0.327 e. The van der Waals surface area contributed by atoms with Gasteiger partial charge in [0.05, 0.1) is 0 Å². The largest absolute Gasteiger partial charge is 0.327 e. The highest BCUT2D eigenvalue weighted by Gasteiger charge is 2.19. The number of hydrogen-bond donors (Lipinski definition) is 2. The number of nitrogens with one attached hydrogen (secondary N) is 1. The Hall–Kier alpha value is -0.0800. The van der Waals surface area contributed by atoms with Crippen LogP contribution in [0.25, 0.3) is 0 Å². The van der Waals surface area contributed by atoms with Gasteiger partial charge in [0.2, 0.25) is 0 Å². The van der Waals surface area contributed by atoms with Crippen LogP contribution in [-0.4, -0.2) is 19.1 Å². The zero-order chi connectivity index (χ0) is 12.6. The molecule has 0 spiro atoms. The van der Waals surface area contributed by atoms with Crippen molar-refractivity contribution in [2.75, 3.05) is 13.1 Å². The van der Waals surface area contributed by atoms with E-state index in [0.29, 0.717) is 6.04 Å². The molecule has 2 nitrogen and oxygen atoms in total. The predicted molar refractivity (Wildman–Crippen MR) is 73.6 cm³/mol. The molecule has 0 aliphatic rings. The van der Waals surface area contributed by atoms with Crippen molar-refractivity contribution in [3.05, 3.63) is 0 Å². The lowest BCUT2D eigenvalue weighted by molar-refractivity contribution is 0.302. The highest BCUT2D eigenvalue weighted by molar-refractivity contribution is 4.77. The predicted octanol–water partition coefficient (Wildman–Crippen LogP) is 3.17. The van der Waals surface area contributed by atoms with Crippen LogP contribution in [-0.2, 0) is 0 Å². The van der Waals surface area contributed by atoms with Gasteiger partial charge in [-0.15, -0.1) is 0 Å². The summed E-state index contributed by atoms with van der Waals surface area (Å²) in [6.45, 7) is 13.4. The van der Waals surface area contributed by atoms with E-state index in [-0.39, 0.29) is 5.41 Å². The standard InChI is InChI=1S/C14H32N2/c1-12(2)8-6-7-10-16-11-9-13(15)14(3,4)5/h12-13,16H,6-11,15H2,1-5H3. The molecule has 0 rings (SSSR count).